The second-order valence-electron chi connectivity index (χ2n) is 3.76. The summed E-state index contributed by atoms with van der Waals surface area (Å²) < 4.78 is 38.4. The molecule has 1 aromatic carbocycles. The molecule has 0 saturated carbocycles. The summed E-state index contributed by atoms with van der Waals surface area (Å²) in [5.41, 5.74) is 0.0510. The predicted molar refractivity (Wildman–Crippen MR) is 64.8 cm³/mol. The van der Waals surface area contributed by atoms with Crippen molar-refractivity contribution in [3.63, 3.8) is 0 Å². The van der Waals surface area contributed by atoms with Crippen LogP contribution in [0.1, 0.15) is 17.3 Å². The number of nitrogens with two attached hydrogens (primary N) is 1. The summed E-state index contributed by atoms with van der Waals surface area (Å²) in [5.74, 6) is -0.452. The number of rotatable bonds is 3. The van der Waals surface area contributed by atoms with Gasteiger partial charge in [0, 0.05) is 0 Å². The zero-order valence-corrected chi connectivity index (χ0v) is 11.0. The molecule has 0 amide bonds. The van der Waals surface area contributed by atoms with Gasteiger partial charge in [-0.05, 0) is 19.1 Å². The standard InChI is InChI=1S/C11H13NO6S/c1-2-16-11(13)7-5-8-10(18-4-3-17-8)9(6-7)19(12,14)15/h5-6H,2-4H2,1H3,(H2,12,14,15). The van der Waals surface area contributed by atoms with Crippen molar-refractivity contribution < 1.29 is 27.4 Å². The van der Waals surface area contributed by atoms with E-state index >= 15 is 0 Å². The molecule has 0 aromatic heterocycles. The van der Waals surface area contributed by atoms with Crippen molar-refractivity contribution in [1.29, 1.82) is 0 Å². The van der Waals surface area contributed by atoms with Crippen LogP contribution in [-0.4, -0.2) is 34.2 Å². The van der Waals surface area contributed by atoms with Gasteiger partial charge in [0.05, 0.1) is 12.2 Å². The quantitative estimate of drug-likeness (QED) is 0.801. The number of benzene rings is 1. The minimum absolute atomic E-state index is 0.0294. The highest BCUT2D eigenvalue weighted by Crippen LogP contribution is 2.37. The van der Waals surface area contributed by atoms with Crippen molar-refractivity contribution in [2.75, 3.05) is 19.8 Å². The molecule has 2 N–H and O–H groups in total. The van der Waals surface area contributed by atoms with Gasteiger partial charge in [-0.15, -0.1) is 0 Å². The van der Waals surface area contributed by atoms with Gasteiger partial charge in [0.1, 0.15) is 18.1 Å². The van der Waals surface area contributed by atoms with Crippen LogP contribution in [-0.2, 0) is 14.8 Å². The zero-order valence-electron chi connectivity index (χ0n) is 10.2. The second kappa shape index (κ2) is 5.06. The Bertz CT molecular complexity index is 610. The third kappa shape index (κ3) is 2.79. The molecular weight excluding hydrogens is 274 g/mol. The van der Waals surface area contributed by atoms with Crippen LogP contribution in [0.25, 0.3) is 0 Å². The molecule has 8 heteroatoms. The number of sulfonamides is 1. The Morgan fingerprint density at radius 1 is 1.37 bits per heavy atom. The molecule has 19 heavy (non-hydrogen) atoms. The van der Waals surface area contributed by atoms with Crippen molar-refractivity contribution in [3.05, 3.63) is 17.7 Å². The van der Waals surface area contributed by atoms with Gasteiger partial charge in [-0.2, -0.15) is 0 Å². The third-order valence-electron chi connectivity index (χ3n) is 2.43. The number of carbonyl (C=O) groups is 1. The van der Waals surface area contributed by atoms with E-state index in [1.165, 1.54) is 6.07 Å². The van der Waals surface area contributed by atoms with E-state index in [9.17, 15) is 13.2 Å². The van der Waals surface area contributed by atoms with E-state index in [4.69, 9.17) is 19.3 Å². The van der Waals surface area contributed by atoms with Crippen molar-refractivity contribution in [2.45, 2.75) is 11.8 Å². The highest BCUT2D eigenvalue weighted by atomic mass is 32.2. The fourth-order valence-electron chi connectivity index (χ4n) is 1.67. The maximum Gasteiger partial charge on any atom is 0.338 e. The Labute approximate surface area is 110 Å². The molecule has 1 aliphatic rings. The Morgan fingerprint density at radius 2 is 2.05 bits per heavy atom. The summed E-state index contributed by atoms with van der Waals surface area (Å²) in [4.78, 5) is 11.4. The molecule has 1 aromatic rings. The molecule has 1 heterocycles. The highest BCUT2D eigenvalue weighted by molar-refractivity contribution is 7.89. The molecule has 0 unspecified atom stereocenters. The summed E-state index contributed by atoms with van der Waals surface area (Å²) in [6, 6.07) is 2.50. The number of ether oxygens (including phenoxy) is 3. The number of hydrogen-bond acceptors (Lipinski definition) is 6. The molecule has 0 spiro atoms. The third-order valence-corrected chi connectivity index (χ3v) is 3.34. The fourth-order valence-corrected chi connectivity index (χ4v) is 2.37. The maximum absolute atomic E-state index is 11.7. The lowest BCUT2D eigenvalue weighted by Gasteiger charge is -2.21. The Morgan fingerprint density at radius 3 is 2.68 bits per heavy atom. The maximum atomic E-state index is 11.7. The van der Waals surface area contributed by atoms with Crippen LogP contribution < -0.4 is 14.6 Å². The topological polar surface area (TPSA) is 105 Å². The van der Waals surface area contributed by atoms with Crippen LogP contribution in [0.2, 0.25) is 0 Å². The number of hydrogen-bond donors (Lipinski definition) is 1. The first-order valence-electron chi connectivity index (χ1n) is 5.57. The lowest BCUT2D eigenvalue weighted by Crippen LogP contribution is -2.21. The number of primary sulfonamides is 1. The van der Waals surface area contributed by atoms with Crippen molar-refractivity contribution in [2.24, 2.45) is 5.14 Å². The molecule has 0 radical (unpaired) electrons. The van der Waals surface area contributed by atoms with Gasteiger partial charge in [-0.25, -0.2) is 18.4 Å². The van der Waals surface area contributed by atoms with E-state index in [1.807, 2.05) is 0 Å². The molecular formula is C11H13NO6S. The Balaban J connectivity index is 2.58. The first-order chi connectivity index (χ1) is 8.93. The summed E-state index contributed by atoms with van der Waals surface area (Å²) in [6.07, 6.45) is 0. The summed E-state index contributed by atoms with van der Waals surface area (Å²) in [6.45, 7) is 2.31. The largest absolute Gasteiger partial charge is 0.486 e. The molecule has 0 aliphatic carbocycles. The van der Waals surface area contributed by atoms with Crippen LogP contribution in [0.15, 0.2) is 17.0 Å². The molecule has 0 fully saturated rings. The van der Waals surface area contributed by atoms with E-state index in [-0.39, 0.29) is 41.8 Å². The highest BCUT2D eigenvalue weighted by Gasteiger charge is 2.26. The Kier molecular flexibility index (Phi) is 3.63. The Hall–Kier alpha value is -1.80. The average molecular weight is 287 g/mol. The van der Waals surface area contributed by atoms with Gasteiger partial charge in [0.15, 0.2) is 11.5 Å². The van der Waals surface area contributed by atoms with Crippen LogP contribution >= 0.6 is 0 Å². The normalized spacial score (nSPS) is 14.0. The smallest absolute Gasteiger partial charge is 0.338 e. The van der Waals surface area contributed by atoms with E-state index in [1.54, 1.807) is 6.92 Å². The molecule has 104 valence electrons. The van der Waals surface area contributed by atoms with Gasteiger partial charge in [0.25, 0.3) is 0 Å². The summed E-state index contributed by atoms with van der Waals surface area (Å²) in [7, 11) is -4.03. The second-order valence-corrected chi connectivity index (χ2v) is 5.29. The van der Waals surface area contributed by atoms with Gasteiger partial charge in [-0.1, -0.05) is 0 Å². The molecule has 0 bridgehead atoms. The van der Waals surface area contributed by atoms with Gasteiger partial charge < -0.3 is 14.2 Å². The number of fused-ring (bicyclic) bond motifs is 1. The van der Waals surface area contributed by atoms with Crippen molar-refractivity contribution >= 4 is 16.0 Å². The zero-order chi connectivity index (χ0) is 14.0. The van der Waals surface area contributed by atoms with E-state index in [0.717, 1.165) is 6.07 Å². The van der Waals surface area contributed by atoms with E-state index in [2.05, 4.69) is 0 Å². The number of esters is 1. The van der Waals surface area contributed by atoms with Gasteiger partial charge >= 0.3 is 5.97 Å². The van der Waals surface area contributed by atoms with Crippen LogP contribution in [0.5, 0.6) is 11.5 Å². The first-order valence-corrected chi connectivity index (χ1v) is 7.11. The monoisotopic (exact) mass is 287 g/mol. The minimum Gasteiger partial charge on any atom is -0.486 e. The van der Waals surface area contributed by atoms with E-state index < -0.39 is 16.0 Å². The predicted octanol–water partition coefficient (Wildman–Crippen LogP) is 0.282. The first kappa shape index (κ1) is 13.6. The summed E-state index contributed by atoms with van der Waals surface area (Å²) in [5, 5.41) is 5.11. The SMILES string of the molecule is CCOC(=O)c1cc2c(c(S(N)(=O)=O)c1)OCCO2. The fraction of sp³-hybridized carbons (Fsp3) is 0.364. The van der Waals surface area contributed by atoms with Gasteiger partial charge in [-0.3, -0.25) is 0 Å². The molecule has 0 saturated heterocycles. The lowest BCUT2D eigenvalue weighted by atomic mass is 10.2. The van der Waals surface area contributed by atoms with Crippen molar-refractivity contribution in [1.82, 2.24) is 0 Å². The molecule has 0 atom stereocenters. The van der Waals surface area contributed by atoms with Crippen LogP contribution in [0.4, 0.5) is 0 Å². The number of carbonyl (C=O) groups excluding carboxylic acids is 1. The summed E-state index contributed by atoms with van der Waals surface area (Å²) >= 11 is 0. The molecule has 1 aliphatic heterocycles. The minimum atomic E-state index is -4.03. The van der Waals surface area contributed by atoms with Gasteiger partial charge in [0.2, 0.25) is 10.0 Å². The lowest BCUT2D eigenvalue weighted by molar-refractivity contribution is 0.0525. The van der Waals surface area contributed by atoms with E-state index in [0.29, 0.717) is 0 Å². The van der Waals surface area contributed by atoms with Crippen LogP contribution in [0, 0.1) is 0 Å². The molecule has 2 rings (SSSR count). The van der Waals surface area contributed by atoms with Crippen LogP contribution in [0.3, 0.4) is 0 Å². The van der Waals surface area contributed by atoms with Crippen molar-refractivity contribution in [3.8, 4) is 11.5 Å². The average Bonchev–Trinajstić information content (AvgIpc) is 2.36. The molecule has 7 nitrogen and oxygen atoms in total.